The van der Waals surface area contributed by atoms with Crippen LogP contribution >= 0.6 is 0 Å². The van der Waals surface area contributed by atoms with Crippen LogP contribution in [0.2, 0.25) is 0 Å². The summed E-state index contributed by atoms with van der Waals surface area (Å²) in [5.41, 5.74) is 2.55. The zero-order chi connectivity index (χ0) is 10.9. The molecule has 2 aromatic rings. The molecule has 0 amide bonds. The maximum atomic E-state index is 8.35. The summed E-state index contributed by atoms with van der Waals surface area (Å²) in [5.74, 6) is 0. The monoisotopic (exact) mass is 222 g/mol. The van der Waals surface area contributed by atoms with Gasteiger partial charge in [0, 0.05) is 0 Å². The standard InChI is InChI=1S/C12H10.ClHO2/c1-3-7-11(8-4-1)12-9-5-2-6-10-12;2-1-3/h1-10H;2H. The Balaban J connectivity index is 0.000000337. The summed E-state index contributed by atoms with van der Waals surface area (Å²) in [6.45, 7) is 0. The van der Waals surface area contributed by atoms with E-state index in [4.69, 9.17) is 9.32 Å². The van der Waals surface area contributed by atoms with E-state index in [0.717, 1.165) is 0 Å². The van der Waals surface area contributed by atoms with Gasteiger partial charge in [-0.15, -0.1) is 4.66 Å². The van der Waals surface area contributed by atoms with Crippen LogP contribution < -0.4 is 4.66 Å². The molecule has 0 radical (unpaired) electrons. The van der Waals surface area contributed by atoms with Crippen molar-refractivity contribution in [3.63, 3.8) is 0 Å². The second-order valence-electron chi connectivity index (χ2n) is 2.80. The molecule has 0 atom stereocenters. The van der Waals surface area contributed by atoms with E-state index in [9.17, 15) is 0 Å². The van der Waals surface area contributed by atoms with Crippen molar-refractivity contribution in [1.29, 1.82) is 0 Å². The van der Waals surface area contributed by atoms with Crippen molar-refractivity contribution < 1.29 is 20.6 Å². The van der Waals surface area contributed by atoms with Gasteiger partial charge < -0.3 is 4.66 Å². The SMILES string of the molecule is [O-][Cl+]O.c1ccc(-c2ccccc2)cc1. The highest BCUT2D eigenvalue weighted by molar-refractivity contribution is 5.62. The summed E-state index contributed by atoms with van der Waals surface area (Å²) in [6.07, 6.45) is 0. The predicted molar refractivity (Wildman–Crippen MR) is 54.1 cm³/mol. The third-order valence-electron chi connectivity index (χ3n) is 1.88. The highest BCUT2D eigenvalue weighted by Crippen LogP contribution is 2.17. The lowest BCUT2D eigenvalue weighted by Crippen LogP contribution is -1.94. The third-order valence-corrected chi connectivity index (χ3v) is 1.88. The fourth-order valence-corrected chi connectivity index (χ4v) is 1.26. The minimum atomic E-state index is -0.167. The molecule has 0 aliphatic heterocycles. The summed E-state index contributed by atoms with van der Waals surface area (Å²) in [4.78, 5) is 0. The zero-order valence-corrected chi connectivity index (χ0v) is 8.76. The Labute approximate surface area is 92.9 Å². The van der Waals surface area contributed by atoms with E-state index in [-0.39, 0.29) is 11.3 Å². The smallest absolute Gasteiger partial charge is 0.327 e. The molecule has 0 aromatic heterocycles. The van der Waals surface area contributed by atoms with E-state index in [1.54, 1.807) is 0 Å². The number of rotatable bonds is 1. The van der Waals surface area contributed by atoms with Crippen LogP contribution in [-0.4, -0.2) is 4.66 Å². The van der Waals surface area contributed by atoms with Crippen molar-refractivity contribution in [3.05, 3.63) is 60.7 Å². The molecule has 2 aromatic carbocycles. The summed E-state index contributed by atoms with van der Waals surface area (Å²) >= 11 is -0.167. The lowest BCUT2D eigenvalue weighted by molar-refractivity contribution is -1.27. The van der Waals surface area contributed by atoms with Gasteiger partial charge in [-0.2, -0.15) is 0 Å². The van der Waals surface area contributed by atoms with Crippen molar-refractivity contribution in [2.24, 2.45) is 0 Å². The quantitative estimate of drug-likeness (QED) is 0.797. The number of halogens is 1. The third kappa shape index (κ3) is 4.13. The average Bonchev–Trinajstić information content (AvgIpc) is 2.32. The van der Waals surface area contributed by atoms with Gasteiger partial charge in [0.1, 0.15) is 0 Å². The maximum absolute atomic E-state index is 8.35. The van der Waals surface area contributed by atoms with Crippen molar-refractivity contribution in [1.82, 2.24) is 0 Å². The molecule has 78 valence electrons. The van der Waals surface area contributed by atoms with E-state index < -0.39 is 0 Å². The van der Waals surface area contributed by atoms with Crippen LogP contribution in [0.4, 0.5) is 0 Å². The lowest BCUT2D eigenvalue weighted by Gasteiger charge is -1.98. The van der Waals surface area contributed by atoms with Crippen molar-refractivity contribution >= 4 is 0 Å². The van der Waals surface area contributed by atoms with E-state index in [1.807, 2.05) is 12.1 Å². The minimum Gasteiger partial charge on any atom is -0.506 e. The molecule has 15 heavy (non-hydrogen) atoms. The maximum Gasteiger partial charge on any atom is 0.327 e. The molecule has 3 heteroatoms. The lowest BCUT2D eigenvalue weighted by atomic mass is 10.1. The first-order chi connectivity index (χ1) is 7.38. The van der Waals surface area contributed by atoms with Crippen LogP contribution in [0.5, 0.6) is 0 Å². The first-order valence-electron chi connectivity index (χ1n) is 4.39. The first-order valence-corrected chi connectivity index (χ1v) is 5.04. The Morgan fingerprint density at radius 2 is 1.00 bits per heavy atom. The molecule has 0 aliphatic carbocycles. The van der Waals surface area contributed by atoms with E-state index in [1.165, 1.54) is 11.1 Å². The molecule has 1 N–H and O–H groups in total. The molecule has 0 bridgehead atoms. The van der Waals surface area contributed by atoms with Crippen LogP contribution in [0.3, 0.4) is 0 Å². The second-order valence-corrected chi connectivity index (χ2v) is 2.94. The Morgan fingerprint density at radius 3 is 1.27 bits per heavy atom. The molecule has 0 spiro atoms. The van der Waals surface area contributed by atoms with Gasteiger partial charge in [-0.05, 0) is 11.1 Å². The number of benzene rings is 2. The van der Waals surface area contributed by atoms with Crippen molar-refractivity contribution in [2.45, 2.75) is 0 Å². The van der Waals surface area contributed by atoms with Crippen LogP contribution in [0, 0.1) is 11.3 Å². The van der Waals surface area contributed by atoms with E-state index >= 15 is 0 Å². The van der Waals surface area contributed by atoms with E-state index in [2.05, 4.69) is 48.5 Å². The predicted octanol–water partition coefficient (Wildman–Crippen LogP) is 1.61. The van der Waals surface area contributed by atoms with Gasteiger partial charge in [-0.25, -0.2) is 0 Å². The highest BCUT2D eigenvalue weighted by Gasteiger charge is 1.91. The van der Waals surface area contributed by atoms with Gasteiger partial charge in [-0.1, -0.05) is 60.7 Å². The molecule has 0 unspecified atom stereocenters. The summed E-state index contributed by atoms with van der Waals surface area (Å²) in [6, 6.07) is 20.8. The molecule has 0 saturated carbocycles. The summed E-state index contributed by atoms with van der Waals surface area (Å²) < 4.78 is 15.2. The molecule has 2 rings (SSSR count). The Morgan fingerprint density at radius 1 is 0.733 bits per heavy atom. The topological polar surface area (TPSA) is 43.3 Å². The number of hydrogen-bond acceptors (Lipinski definition) is 2. The van der Waals surface area contributed by atoms with E-state index in [0.29, 0.717) is 0 Å². The van der Waals surface area contributed by atoms with Crippen molar-refractivity contribution in [2.75, 3.05) is 0 Å². The number of hydrogen-bond donors (Lipinski definition) is 1. The molecule has 0 saturated heterocycles. The Kier molecular flexibility index (Phi) is 5.48. The second kappa shape index (κ2) is 7.01. The first kappa shape index (κ1) is 11.7. The summed E-state index contributed by atoms with van der Waals surface area (Å²) in [7, 11) is 0. The van der Waals surface area contributed by atoms with Crippen molar-refractivity contribution in [3.8, 4) is 11.1 Å². The molecular formula is C12H11ClO2. The average molecular weight is 223 g/mol. The molecule has 2 nitrogen and oxygen atoms in total. The zero-order valence-electron chi connectivity index (χ0n) is 8.01. The molecular weight excluding hydrogens is 212 g/mol. The van der Waals surface area contributed by atoms with Gasteiger partial charge in [0.15, 0.2) is 0 Å². The van der Waals surface area contributed by atoms with Crippen LogP contribution in [0.15, 0.2) is 60.7 Å². The molecule has 0 aliphatic rings. The Hall–Kier alpha value is -1.35. The van der Waals surface area contributed by atoms with Crippen LogP contribution in [-0.2, 0) is 0 Å². The molecule has 0 fully saturated rings. The highest BCUT2D eigenvalue weighted by atomic mass is 35.6. The molecule has 0 heterocycles. The van der Waals surface area contributed by atoms with Gasteiger partial charge in [0.25, 0.3) is 0 Å². The summed E-state index contributed by atoms with van der Waals surface area (Å²) in [5, 5.41) is 0. The Bertz CT molecular complexity index is 324. The minimum absolute atomic E-state index is 0.167. The van der Waals surface area contributed by atoms with Crippen LogP contribution in [0.25, 0.3) is 11.1 Å². The fourth-order valence-electron chi connectivity index (χ4n) is 1.26. The van der Waals surface area contributed by atoms with Crippen LogP contribution in [0.1, 0.15) is 0 Å². The van der Waals surface area contributed by atoms with Gasteiger partial charge in [-0.3, -0.25) is 0 Å². The van der Waals surface area contributed by atoms with Gasteiger partial charge in [0.2, 0.25) is 0 Å². The fraction of sp³-hybridized carbons (Fsp3) is 0. The van der Waals surface area contributed by atoms with Gasteiger partial charge >= 0.3 is 11.3 Å². The normalized spacial score (nSPS) is 8.93. The van der Waals surface area contributed by atoms with Gasteiger partial charge in [0.05, 0.1) is 0 Å². The largest absolute Gasteiger partial charge is 0.506 e.